The molecule has 4 heteroatoms. The number of rotatable bonds is 3. The van der Waals surface area contributed by atoms with Gasteiger partial charge in [-0.05, 0) is 41.3 Å². The van der Waals surface area contributed by atoms with Gasteiger partial charge in [-0.15, -0.1) is 0 Å². The highest BCUT2D eigenvalue weighted by Crippen LogP contribution is 2.58. The summed E-state index contributed by atoms with van der Waals surface area (Å²) in [5.74, 6) is 3.69. The molecule has 0 bridgehead atoms. The van der Waals surface area contributed by atoms with E-state index in [0.717, 1.165) is 17.7 Å². The Bertz CT molecular complexity index is 709. The molecule has 1 aromatic carbocycles. The molecule has 0 aromatic heterocycles. The van der Waals surface area contributed by atoms with Crippen LogP contribution >= 0.6 is 15.9 Å². The molecule has 1 fully saturated rings. The zero-order valence-electron chi connectivity index (χ0n) is 13.9. The van der Waals surface area contributed by atoms with Crippen LogP contribution < -0.4 is 4.74 Å². The maximum Gasteiger partial charge on any atom is 0.311 e. The van der Waals surface area contributed by atoms with Crippen molar-refractivity contribution in [2.24, 2.45) is 17.3 Å². The highest BCUT2D eigenvalue weighted by atomic mass is 79.9. The zero-order chi connectivity index (χ0) is 16.8. The molecule has 1 aromatic rings. The molecule has 122 valence electrons. The molecule has 2 aliphatic rings. The van der Waals surface area contributed by atoms with Crippen molar-refractivity contribution in [2.75, 3.05) is 0 Å². The largest absolute Gasteiger partial charge is 0.487 e. The Morgan fingerprint density at radius 2 is 2.13 bits per heavy atom. The fourth-order valence-corrected chi connectivity index (χ4v) is 3.62. The monoisotopic (exact) mass is 376 g/mol. The van der Waals surface area contributed by atoms with E-state index in [-0.39, 0.29) is 35.4 Å². The zero-order valence-corrected chi connectivity index (χ0v) is 15.5. The number of carbonyl (C=O) groups is 1. The van der Waals surface area contributed by atoms with Crippen LogP contribution in [0.15, 0.2) is 18.2 Å². The lowest BCUT2D eigenvalue weighted by Gasteiger charge is -2.16. The number of halogens is 1. The second-order valence-corrected chi connectivity index (χ2v) is 8.00. The fraction of sp³-hybridized carbons (Fsp3) is 0.526. The summed E-state index contributed by atoms with van der Waals surface area (Å²) in [5.41, 5.74) is 1.90. The summed E-state index contributed by atoms with van der Waals surface area (Å²) >= 11 is 3.10. The van der Waals surface area contributed by atoms with Crippen LogP contribution in [0, 0.1) is 28.0 Å². The molecule has 0 N–H and O–H groups in total. The van der Waals surface area contributed by atoms with E-state index in [9.17, 15) is 4.79 Å². The molecule has 2 atom stereocenters. The quantitative estimate of drug-likeness (QED) is 0.589. The van der Waals surface area contributed by atoms with Crippen molar-refractivity contribution in [3.8, 4) is 16.5 Å². The number of ether oxygens (including phenoxy) is 2. The Morgan fingerprint density at radius 1 is 1.39 bits per heavy atom. The average molecular weight is 377 g/mol. The van der Waals surface area contributed by atoms with Crippen LogP contribution in [0.1, 0.15) is 38.8 Å². The van der Waals surface area contributed by atoms with Crippen molar-refractivity contribution in [3.05, 3.63) is 29.3 Å². The number of hydrogen-bond donors (Lipinski definition) is 0. The minimum atomic E-state index is -0.169. The normalized spacial score (nSPS) is 25.6. The Morgan fingerprint density at radius 3 is 2.83 bits per heavy atom. The van der Waals surface area contributed by atoms with Gasteiger partial charge in [-0.1, -0.05) is 31.9 Å². The van der Waals surface area contributed by atoms with E-state index < -0.39 is 0 Å². The predicted octanol–water partition coefficient (Wildman–Crippen LogP) is 4.07. The Labute approximate surface area is 145 Å². The van der Waals surface area contributed by atoms with Crippen LogP contribution in [0.25, 0.3) is 0 Å². The first-order chi connectivity index (χ1) is 10.7. The number of esters is 1. The first-order valence-electron chi connectivity index (χ1n) is 7.83. The van der Waals surface area contributed by atoms with Crippen LogP contribution in [0.4, 0.5) is 0 Å². The van der Waals surface area contributed by atoms with Gasteiger partial charge < -0.3 is 9.47 Å². The summed E-state index contributed by atoms with van der Waals surface area (Å²) in [6, 6.07) is 6.04. The topological polar surface area (TPSA) is 35.5 Å². The fourth-order valence-electron chi connectivity index (χ4n) is 3.37. The van der Waals surface area contributed by atoms with Crippen LogP contribution in [0.2, 0.25) is 0 Å². The maximum absolute atomic E-state index is 12.3. The van der Waals surface area contributed by atoms with Gasteiger partial charge in [0.1, 0.15) is 18.0 Å². The van der Waals surface area contributed by atoms with Gasteiger partial charge in [0.2, 0.25) is 0 Å². The van der Waals surface area contributed by atoms with Gasteiger partial charge in [-0.3, -0.25) is 4.79 Å². The number of benzene rings is 1. The third kappa shape index (κ3) is 3.12. The van der Waals surface area contributed by atoms with E-state index >= 15 is 0 Å². The lowest BCUT2D eigenvalue weighted by Crippen LogP contribution is -2.24. The minimum absolute atomic E-state index is 0.0681. The van der Waals surface area contributed by atoms with Gasteiger partial charge in [0, 0.05) is 28.3 Å². The molecule has 1 heterocycles. The standard InChI is InChI=1S/C19H21BrO3/c1-18(2)10-13-6-5-12(9-15(13)23-18)11-22-17(21)16-14(7-8-20)19(16,3)4/h5-6,9,14,16H,10-11H2,1-4H3. The van der Waals surface area contributed by atoms with Gasteiger partial charge in [0.05, 0.1) is 5.92 Å². The SMILES string of the molecule is CC1(C)Cc2ccc(COC(=O)C3C(C#CBr)C3(C)C)cc2O1. The summed E-state index contributed by atoms with van der Waals surface area (Å²) in [7, 11) is 0. The van der Waals surface area contributed by atoms with E-state index in [0.29, 0.717) is 0 Å². The highest BCUT2D eigenvalue weighted by molar-refractivity contribution is 9.12. The van der Waals surface area contributed by atoms with E-state index in [2.05, 4.69) is 46.6 Å². The van der Waals surface area contributed by atoms with E-state index in [1.807, 2.05) is 26.0 Å². The third-order valence-corrected chi connectivity index (χ3v) is 5.04. The van der Waals surface area contributed by atoms with Crippen LogP contribution in [-0.4, -0.2) is 11.6 Å². The summed E-state index contributed by atoms with van der Waals surface area (Å²) in [6.45, 7) is 8.52. The maximum atomic E-state index is 12.3. The minimum Gasteiger partial charge on any atom is -0.487 e. The first-order valence-corrected chi connectivity index (χ1v) is 8.62. The lowest BCUT2D eigenvalue weighted by atomic mass is 10.0. The van der Waals surface area contributed by atoms with E-state index in [1.54, 1.807) is 0 Å². The molecule has 1 aliphatic heterocycles. The van der Waals surface area contributed by atoms with Gasteiger partial charge in [-0.2, -0.15) is 0 Å². The van der Waals surface area contributed by atoms with Crippen molar-refractivity contribution in [1.29, 1.82) is 0 Å². The molecule has 1 aliphatic carbocycles. The molecule has 3 nitrogen and oxygen atoms in total. The van der Waals surface area contributed by atoms with E-state index in [4.69, 9.17) is 9.47 Å². The molecule has 0 radical (unpaired) electrons. The third-order valence-electron chi connectivity index (χ3n) is 4.81. The van der Waals surface area contributed by atoms with Gasteiger partial charge in [0.15, 0.2) is 0 Å². The number of carbonyl (C=O) groups excluding carboxylic acids is 1. The Hall–Kier alpha value is -1.47. The second kappa shape index (κ2) is 5.56. The predicted molar refractivity (Wildman–Crippen MR) is 92.1 cm³/mol. The molecule has 0 saturated heterocycles. The molecule has 23 heavy (non-hydrogen) atoms. The Kier molecular flexibility index (Phi) is 3.96. The second-order valence-electron chi connectivity index (χ2n) is 7.60. The molecule has 2 unspecified atom stereocenters. The molecule has 1 saturated carbocycles. The molecule has 3 rings (SSSR count). The van der Waals surface area contributed by atoms with Crippen LogP contribution in [0.5, 0.6) is 5.75 Å². The average Bonchev–Trinajstić information content (AvgIpc) is 2.84. The van der Waals surface area contributed by atoms with Crippen molar-refractivity contribution in [2.45, 2.75) is 46.3 Å². The van der Waals surface area contributed by atoms with Crippen LogP contribution in [-0.2, 0) is 22.6 Å². The Balaban J connectivity index is 1.62. The van der Waals surface area contributed by atoms with Crippen LogP contribution in [0.3, 0.4) is 0 Å². The van der Waals surface area contributed by atoms with Gasteiger partial charge in [-0.25, -0.2) is 0 Å². The summed E-state index contributed by atoms with van der Waals surface area (Å²) in [6.07, 6.45) is 0.908. The van der Waals surface area contributed by atoms with Gasteiger partial charge >= 0.3 is 5.97 Å². The number of hydrogen-bond acceptors (Lipinski definition) is 3. The molecular formula is C19H21BrO3. The van der Waals surface area contributed by atoms with Crippen molar-refractivity contribution in [1.82, 2.24) is 0 Å². The molecule has 0 amide bonds. The summed E-state index contributed by atoms with van der Waals surface area (Å²) in [4.78, 5) is 15.0. The lowest BCUT2D eigenvalue weighted by molar-refractivity contribution is -0.147. The smallest absolute Gasteiger partial charge is 0.311 e. The summed E-state index contributed by atoms with van der Waals surface area (Å²) < 4.78 is 11.4. The van der Waals surface area contributed by atoms with Crippen molar-refractivity contribution >= 4 is 21.9 Å². The first kappa shape index (κ1) is 16.4. The van der Waals surface area contributed by atoms with Crippen molar-refractivity contribution in [3.63, 3.8) is 0 Å². The number of fused-ring (bicyclic) bond motifs is 1. The van der Waals surface area contributed by atoms with Crippen molar-refractivity contribution < 1.29 is 14.3 Å². The molecule has 0 spiro atoms. The van der Waals surface area contributed by atoms with E-state index in [1.165, 1.54) is 5.56 Å². The summed E-state index contributed by atoms with van der Waals surface area (Å²) in [5, 5.41) is 0. The molecular weight excluding hydrogens is 356 g/mol. The highest BCUT2D eigenvalue weighted by Gasteiger charge is 2.62. The van der Waals surface area contributed by atoms with Gasteiger partial charge in [0.25, 0.3) is 0 Å².